The van der Waals surface area contributed by atoms with Gasteiger partial charge < -0.3 is 16.0 Å². The molecule has 0 aromatic carbocycles. The quantitative estimate of drug-likeness (QED) is 0.875. The summed E-state index contributed by atoms with van der Waals surface area (Å²) < 4.78 is 0. The summed E-state index contributed by atoms with van der Waals surface area (Å²) in [5, 5.41) is 5.03. The highest BCUT2D eigenvalue weighted by molar-refractivity contribution is 7.10. The molecule has 0 spiro atoms. The number of anilines is 2. The van der Waals surface area contributed by atoms with E-state index in [4.69, 9.17) is 5.73 Å². The maximum atomic E-state index is 11.0. The van der Waals surface area contributed by atoms with E-state index >= 15 is 0 Å². The van der Waals surface area contributed by atoms with Gasteiger partial charge in [0.2, 0.25) is 5.91 Å². The van der Waals surface area contributed by atoms with Crippen molar-refractivity contribution in [3.05, 3.63) is 40.2 Å². The van der Waals surface area contributed by atoms with Crippen LogP contribution in [0.25, 0.3) is 0 Å². The van der Waals surface area contributed by atoms with Gasteiger partial charge in [-0.15, -0.1) is 11.3 Å². The third-order valence-corrected chi connectivity index (χ3v) is 3.55. The number of primary amides is 1. The van der Waals surface area contributed by atoms with Crippen molar-refractivity contribution in [2.24, 2.45) is 5.73 Å². The second-order valence-electron chi connectivity index (χ2n) is 4.32. The van der Waals surface area contributed by atoms with Gasteiger partial charge in [0.05, 0.1) is 17.4 Å². The number of hydrogen-bond donors (Lipinski definition) is 2. The van der Waals surface area contributed by atoms with Crippen LogP contribution in [0, 0.1) is 0 Å². The van der Waals surface area contributed by atoms with Crippen LogP contribution < -0.4 is 16.0 Å². The normalized spacial score (nSPS) is 10.2. The first-order valence-electron chi connectivity index (χ1n) is 5.80. The zero-order valence-electron chi connectivity index (χ0n) is 10.9. The van der Waals surface area contributed by atoms with E-state index in [1.807, 2.05) is 37.2 Å². The molecule has 0 aliphatic heterocycles. The molecule has 2 aromatic heterocycles. The number of nitrogens with two attached hydrogens (primary N) is 1. The monoisotopic (exact) mass is 276 g/mol. The number of nitrogens with zero attached hydrogens (tertiary/aromatic N) is 2. The Morgan fingerprint density at radius 3 is 2.79 bits per heavy atom. The molecule has 0 aliphatic carbocycles. The molecule has 0 radical (unpaired) electrons. The van der Waals surface area contributed by atoms with Crippen LogP contribution in [0.4, 0.5) is 11.5 Å². The van der Waals surface area contributed by atoms with Crippen LogP contribution in [0.3, 0.4) is 0 Å². The number of thiophene rings is 1. The molecule has 0 unspecified atom stereocenters. The van der Waals surface area contributed by atoms with Crippen LogP contribution in [0.15, 0.2) is 29.8 Å². The molecule has 3 N–H and O–H groups in total. The first-order valence-corrected chi connectivity index (χ1v) is 6.68. The van der Waals surface area contributed by atoms with Gasteiger partial charge in [-0.05, 0) is 18.2 Å². The van der Waals surface area contributed by atoms with Gasteiger partial charge in [-0.2, -0.15) is 0 Å². The number of nitrogens with one attached hydrogen (secondary N) is 1. The van der Waals surface area contributed by atoms with E-state index in [2.05, 4.69) is 10.3 Å². The smallest absolute Gasteiger partial charge is 0.249 e. The minimum absolute atomic E-state index is 0.389. The molecule has 0 fully saturated rings. The summed E-state index contributed by atoms with van der Waals surface area (Å²) in [6.07, 6.45) is 1.79. The SMILES string of the molecule is CN(C)c1ccc(NCc2cc(C(N)=O)cs2)cn1. The Morgan fingerprint density at radius 2 is 2.26 bits per heavy atom. The van der Waals surface area contributed by atoms with Gasteiger partial charge in [0, 0.05) is 30.9 Å². The van der Waals surface area contributed by atoms with Crippen molar-refractivity contribution in [2.75, 3.05) is 24.3 Å². The van der Waals surface area contributed by atoms with E-state index in [0.29, 0.717) is 12.1 Å². The minimum atomic E-state index is -0.389. The number of carbonyl (C=O) groups excluding carboxylic acids is 1. The Balaban J connectivity index is 1.96. The largest absolute Gasteiger partial charge is 0.379 e. The van der Waals surface area contributed by atoms with Crippen LogP contribution in [-0.2, 0) is 6.54 Å². The summed E-state index contributed by atoms with van der Waals surface area (Å²) in [6.45, 7) is 0.654. The van der Waals surface area contributed by atoms with E-state index in [1.165, 1.54) is 11.3 Å². The molecule has 0 saturated heterocycles. The van der Waals surface area contributed by atoms with Crippen LogP contribution in [0.1, 0.15) is 15.2 Å². The lowest BCUT2D eigenvalue weighted by atomic mass is 10.3. The van der Waals surface area contributed by atoms with E-state index in [-0.39, 0.29) is 5.91 Å². The Hall–Kier alpha value is -2.08. The number of rotatable bonds is 5. The average Bonchev–Trinajstić information content (AvgIpc) is 2.86. The van der Waals surface area contributed by atoms with Gasteiger partial charge >= 0.3 is 0 Å². The van der Waals surface area contributed by atoms with Crippen LogP contribution in [-0.4, -0.2) is 25.0 Å². The molecule has 6 heteroatoms. The Bertz CT molecular complexity index is 562. The van der Waals surface area contributed by atoms with Crippen molar-refractivity contribution in [1.82, 2.24) is 4.98 Å². The Morgan fingerprint density at radius 1 is 1.47 bits per heavy atom. The molecule has 1 amide bonds. The summed E-state index contributed by atoms with van der Waals surface area (Å²) in [6, 6.07) is 5.73. The molecule has 19 heavy (non-hydrogen) atoms. The van der Waals surface area contributed by atoms with Crippen LogP contribution in [0.2, 0.25) is 0 Å². The minimum Gasteiger partial charge on any atom is -0.379 e. The molecule has 0 saturated carbocycles. The highest BCUT2D eigenvalue weighted by Crippen LogP contribution is 2.17. The molecule has 2 heterocycles. The molecule has 0 aliphatic rings. The van der Waals surface area contributed by atoms with Gasteiger partial charge in [0.1, 0.15) is 5.82 Å². The number of amides is 1. The van der Waals surface area contributed by atoms with Gasteiger partial charge in [0.25, 0.3) is 0 Å². The second-order valence-corrected chi connectivity index (χ2v) is 5.31. The van der Waals surface area contributed by atoms with E-state index in [0.717, 1.165) is 16.4 Å². The third-order valence-electron chi connectivity index (χ3n) is 2.61. The highest BCUT2D eigenvalue weighted by atomic mass is 32.1. The maximum Gasteiger partial charge on any atom is 0.249 e. The standard InChI is InChI=1S/C13H16N4OS/c1-17(2)12-4-3-10(6-16-12)15-7-11-5-9(8-19-11)13(14)18/h3-6,8,15H,7H2,1-2H3,(H2,14,18). The molecule has 2 rings (SSSR count). The summed E-state index contributed by atoms with van der Waals surface area (Å²) in [5.74, 6) is 0.525. The number of aromatic nitrogens is 1. The fraction of sp³-hybridized carbons (Fsp3) is 0.231. The topological polar surface area (TPSA) is 71.2 Å². The van der Waals surface area contributed by atoms with E-state index < -0.39 is 0 Å². The molecule has 0 atom stereocenters. The molecule has 2 aromatic rings. The zero-order valence-corrected chi connectivity index (χ0v) is 11.7. The molecular weight excluding hydrogens is 260 g/mol. The van der Waals surface area contributed by atoms with E-state index in [1.54, 1.807) is 11.6 Å². The van der Waals surface area contributed by atoms with Crippen molar-refractivity contribution < 1.29 is 4.79 Å². The number of pyridine rings is 1. The van der Waals surface area contributed by atoms with Gasteiger partial charge in [0.15, 0.2) is 0 Å². The molecule has 0 bridgehead atoms. The lowest BCUT2D eigenvalue weighted by Gasteiger charge is -2.11. The molecule has 5 nitrogen and oxygen atoms in total. The number of hydrogen-bond acceptors (Lipinski definition) is 5. The Kier molecular flexibility index (Phi) is 4.01. The zero-order chi connectivity index (χ0) is 13.8. The van der Waals surface area contributed by atoms with Crippen LogP contribution in [0.5, 0.6) is 0 Å². The maximum absolute atomic E-state index is 11.0. The predicted molar refractivity (Wildman–Crippen MR) is 78.7 cm³/mol. The van der Waals surface area contributed by atoms with Gasteiger partial charge in [-0.25, -0.2) is 4.98 Å². The van der Waals surface area contributed by atoms with Gasteiger partial charge in [-0.1, -0.05) is 0 Å². The first-order chi connectivity index (χ1) is 9.06. The third kappa shape index (κ3) is 3.45. The predicted octanol–water partition coefficient (Wildman–Crippen LogP) is 1.92. The van der Waals surface area contributed by atoms with Crippen LogP contribution >= 0.6 is 11.3 Å². The summed E-state index contributed by atoms with van der Waals surface area (Å²) in [5.41, 5.74) is 6.71. The molecule has 100 valence electrons. The fourth-order valence-electron chi connectivity index (χ4n) is 1.55. The first kappa shape index (κ1) is 13.4. The average molecular weight is 276 g/mol. The van der Waals surface area contributed by atoms with Crippen molar-refractivity contribution in [3.63, 3.8) is 0 Å². The van der Waals surface area contributed by atoms with E-state index in [9.17, 15) is 4.79 Å². The second kappa shape index (κ2) is 5.71. The van der Waals surface area contributed by atoms with Crippen molar-refractivity contribution in [2.45, 2.75) is 6.54 Å². The summed E-state index contributed by atoms with van der Waals surface area (Å²) in [7, 11) is 3.90. The fourth-order valence-corrected chi connectivity index (χ4v) is 2.36. The molecular formula is C13H16N4OS. The number of carbonyl (C=O) groups is 1. The highest BCUT2D eigenvalue weighted by Gasteiger charge is 2.04. The van der Waals surface area contributed by atoms with Crippen molar-refractivity contribution >= 4 is 28.7 Å². The van der Waals surface area contributed by atoms with Crippen molar-refractivity contribution in [1.29, 1.82) is 0 Å². The summed E-state index contributed by atoms with van der Waals surface area (Å²) >= 11 is 1.51. The lowest BCUT2D eigenvalue weighted by Crippen LogP contribution is -2.10. The lowest BCUT2D eigenvalue weighted by molar-refractivity contribution is 0.100. The van der Waals surface area contributed by atoms with Gasteiger partial charge in [-0.3, -0.25) is 4.79 Å². The van der Waals surface area contributed by atoms with Crippen molar-refractivity contribution in [3.8, 4) is 0 Å². The Labute approximate surface area is 116 Å². The summed E-state index contributed by atoms with van der Waals surface area (Å²) in [4.78, 5) is 18.3.